The van der Waals surface area contributed by atoms with Crippen LogP contribution in [0.5, 0.6) is 0 Å². The Labute approximate surface area is 191 Å². The lowest BCUT2D eigenvalue weighted by Gasteiger charge is -2.18. The standard InChI is InChI=1S/C23H28N4O5S/c1-21(5-6-21)12-26-17-4-3-15(33(31,32)25-22(2)7-8-22)9-16(17)18(28)27(20(26)30)13-24-19(29)23-10-14(23)11-23/h3-4,9,14,25H,5-8,10-13H2,1-2H3,(H,24,29). The van der Waals surface area contributed by atoms with Crippen molar-refractivity contribution in [2.75, 3.05) is 0 Å². The van der Waals surface area contributed by atoms with E-state index in [1.54, 1.807) is 10.6 Å². The highest BCUT2D eigenvalue weighted by Gasteiger charge is 2.74. The Morgan fingerprint density at radius 1 is 1.09 bits per heavy atom. The second-order valence-electron chi connectivity index (χ2n) is 11.2. The number of nitrogens with zero attached hydrogens (tertiary/aromatic N) is 2. The monoisotopic (exact) mass is 472 g/mol. The summed E-state index contributed by atoms with van der Waals surface area (Å²) < 4.78 is 31.1. The van der Waals surface area contributed by atoms with Gasteiger partial charge in [-0.15, -0.1) is 0 Å². The van der Waals surface area contributed by atoms with Gasteiger partial charge in [0.25, 0.3) is 5.56 Å². The first-order valence-electron chi connectivity index (χ1n) is 11.6. The molecule has 4 fully saturated rings. The van der Waals surface area contributed by atoms with E-state index in [0.29, 0.717) is 18.0 Å². The summed E-state index contributed by atoms with van der Waals surface area (Å²) in [5.41, 5.74) is -1.40. The molecule has 0 bridgehead atoms. The number of hydrogen-bond acceptors (Lipinski definition) is 5. The quantitative estimate of drug-likeness (QED) is 0.600. The van der Waals surface area contributed by atoms with Crippen LogP contribution in [0.25, 0.3) is 10.9 Å². The van der Waals surface area contributed by atoms with Gasteiger partial charge < -0.3 is 5.32 Å². The number of carbonyl (C=O) groups excluding carboxylic acids is 1. The molecular weight excluding hydrogens is 444 g/mol. The lowest BCUT2D eigenvalue weighted by molar-refractivity contribution is -0.124. The topological polar surface area (TPSA) is 119 Å². The van der Waals surface area contributed by atoms with E-state index in [0.717, 1.165) is 43.1 Å². The second kappa shape index (κ2) is 6.35. The molecule has 1 aromatic carbocycles. The van der Waals surface area contributed by atoms with E-state index in [-0.39, 0.29) is 33.7 Å². The van der Waals surface area contributed by atoms with E-state index in [4.69, 9.17) is 0 Å². The van der Waals surface area contributed by atoms with Gasteiger partial charge in [0.05, 0.1) is 21.2 Å². The summed E-state index contributed by atoms with van der Waals surface area (Å²) in [5.74, 6) is 0.337. The molecule has 10 heteroatoms. The molecule has 0 unspecified atom stereocenters. The van der Waals surface area contributed by atoms with Gasteiger partial charge in [-0.05, 0) is 75.0 Å². The Hall–Kier alpha value is -2.46. The van der Waals surface area contributed by atoms with Gasteiger partial charge in [0.1, 0.15) is 6.67 Å². The van der Waals surface area contributed by atoms with E-state index in [1.165, 1.54) is 12.1 Å². The third-order valence-corrected chi connectivity index (χ3v) is 9.70. The summed E-state index contributed by atoms with van der Waals surface area (Å²) in [6.07, 6.45) is 5.26. The number of aromatic nitrogens is 2. The molecule has 1 amide bonds. The molecule has 0 aliphatic heterocycles. The molecule has 2 N–H and O–H groups in total. The number of amides is 1. The SMILES string of the molecule is CC1(Cn2c(=O)n(CNC(=O)C34CC3C4)c(=O)c3cc(S(=O)(=O)NC4(C)CC4)ccc32)CC1. The molecule has 176 valence electrons. The van der Waals surface area contributed by atoms with Crippen LogP contribution in [0.2, 0.25) is 0 Å². The summed E-state index contributed by atoms with van der Waals surface area (Å²) in [4.78, 5) is 39.1. The first-order chi connectivity index (χ1) is 15.5. The van der Waals surface area contributed by atoms with Crippen LogP contribution in [0.4, 0.5) is 0 Å². The second-order valence-corrected chi connectivity index (χ2v) is 12.9. The minimum absolute atomic E-state index is 0.00339. The van der Waals surface area contributed by atoms with E-state index in [1.807, 2.05) is 6.92 Å². The minimum atomic E-state index is -3.81. The number of rotatable bonds is 8. The van der Waals surface area contributed by atoms with Crippen LogP contribution in [0.1, 0.15) is 52.4 Å². The van der Waals surface area contributed by atoms with Crippen molar-refractivity contribution in [3.8, 4) is 0 Å². The predicted octanol–water partition coefficient (Wildman–Crippen LogP) is 1.28. The highest BCUT2D eigenvalue weighted by Crippen LogP contribution is 2.75. The average molecular weight is 473 g/mol. The molecule has 1 heterocycles. The molecule has 1 aromatic heterocycles. The Kier molecular flexibility index (Phi) is 4.06. The van der Waals surface area contributed by atoms with Gasteiger partial charge in [0.15, 0.2) is 0 Å². The van der Waals surface area contributed by atoms with Crippen molar-refractivity contribution in [3.05, 3.63) is 39.0 Å². The van der Waals surface area contributed by atoms with Gasteiger partial charge in [-0.1, -0.05) is 6.92 Å². The van der Waals surface area contributed by atoms with Gasteiger partial charge in [-0.25, -0.2) is 22.5 Å². The summed E-state index contributed by atoms with van der Waals surface area (Å²) in [5, 5.41) is 2.92. The molecule has 0 atom stereocenters. The largest absolute Gasteiger partial charge is 0.337 e. The van der Waals surface area contributed by atoms with Gasteiger partial charge in [-0.2, -0.15) is 0 Å². The van der Waals surface area contributed by atoms with Crippen molar-refractivity contribution < 1.29 is 13.2 Å². The molecule has 6 rings (SSSR count). The molecule has 2 aromatic rings. The van der Waals surface area contributed by atoms with Gasteiger partial charge in [0.2, 0.25) is 15.9 Å². The van der Waals surface area contributed by atoms with E-state index in [2.05, 4.69) is 17.0 Å². The summed E-state index contributed by atoms with van der Waals surface area (Å²) >= 11 is 0. The third-order valence-electron chi connectivity index (χ3n) is 8.06. The van der Waals surface area contributed by atoms with E-state index < -0.39 is 26.8 Å². The molecule has 33 heavy (non-hydrogen) atoms. The minimum Gasteiger partial charge on any atom is -0.337 e. The number of fused-ring (bicyclic) bond motifs is 2. The number of benzene rings is 1. The highest BCUT2D eigenvalue weighted by atomic mass is 32.2. The average Bonchev–Trinajstić information content (AvgIpc) is 3.56. The van der Waals surface area contributed by atoms with Crippen LogP contribution in [-0.2, 0) is 28.0 Å². The Morgan fingerprint density at radius 3 is 2.33 bits per heavy atom. The molecule has 0 spiro atoms. The van der Waals surface area contributed by atoms with E-state index >= 15 is 0 Å². The Balaban J connectivity index is 1.43. The fourth-order valence-electron chi connectivity index (χ4n) is 4.69. The van der Waals surface area contributed by atoms with E-state index in [9.17, 15) is 22.8 Å². The van der Waals surface area contributed by atoms with Gasteiger partial charge in [0, 0.05) is 12.1 Å². The van der Waals surface area contributed by atoms with Crippen molar-refractivity contribution in [1.29, 1.82) is 0 Å². The fourth-order valence-corrected chi connectivity index (χ4v) is 6.18. The van der Waals surface area contributed by atoms with Gasteiger partial charge >= 0.3 is 5.69 Å². The molecule has 4 saturated carbocycles. The van der Waals surface area contributed by atoms with Crippen molar-refractivity contribution in [2.45, 2.75) is 76.0 Å². The first kappa shape index (κ1) is 21.1. The third kappa shape index (κ3) is 3.45. The lowest BCUT2D eigenvalue weighted by Crippen LogP contribution is -2.45. The summed E-state index contributed by atoms with van der Waals surface area (Å²) in [6.45, 7) is 4.15. The molecule has 0 saturated heterocycles. The number of sulfonamides is 1. The van der Waals surface area contributed by atoms with Crippen molar-refractivity contribution in [1.82, 2.24) is 19.2 Å². The van der Waals surface area contributed by atoms with Crippen LogP contribution in [0.15, 0.2) is 32.7 Å². The fraction of sp³-hybridized carbons (Fsp3) is 0.609. The van der Waals surface area contributed by atoms with Crippen LogP contribution in [0.3, 0.4) is 0 Å². The molecule has 4 aliphatic carbocycles. The van der Waals surface area contributed by atoms with Crippen molar-refractivity contribution in [3.63, 3.8) is 0 Å². The van der Waals surface area contributed by atoms with Gasteiger partial charge in [-0.3, -0.25) is 14.2 Å². The zero-order valence-electron chi connectivity index (χ0n) is 18.8. The van der Waals surface area contributed by atoms with Crippen LogP contribution >= 0.6 is 0 Å². The smallest absolute Gasteiger partial charge is 0.332 e. The molecule has 4 aliphatic rings. The maximum absolute atomic E-state index is 13.3. The molecule has 9 nitrogen and oxygen atoms in total. The van der Waals surface area contributed by atoms with Crippen molar-refractivity contribution in [2.24, 2.45) is 16.7 Å². The summed E-state index contributed by atoms with van der Waals surface area (Å²) in [7, 11) is -3.81. The number of hydrogen-bond donors (Lipinski definition) is 2. The predicted molar refractivity (Wildman–Crippen MR) is 121 cm³/mol. The normalized spacial score (nSPS) is 27.6. The summed E-state index contributed by atoms with van der Waals surface area (Å²) in [6, 6.07) is 4.35. The Bertz CT molecular complexity index is 1440. The van der Waals surface area contributed by atoms with Crippen molar-refractivity contribution >= 4 is 26.8 Å². The zero-order chi connectivity index (χ0) is 23.4. The van der Waals surface area contributed by atoms with Crippen LogP contribution < -0.4 is 21.3 Å². The molecule has 0 radical (unpaired) electrons. The first-order valence-corrected chi connectivity index (χ1v) is 13.0. The van der Waals surface area contributed by atoms with Crippen LogP contribution in [-0.4, -0.2) is 29.0 Å². The highest BCUT2D eigenvalue weighted by molar-refractivity contribution is 7.89. The number of carbonyl (C=O) groups is 1. The van der Waals surface area contributed by atoms with Crippen LogP contribution in [0, 0.1) is 16.7 Å². The maximum Gasteiger partial charge on any atom is 0.332 e. The zero-order valence-corrected chi connectivity index (χ0v) is 19.6. The number of nitrogens with one attached hydrogen (secondary N) is 2. The maximum atomic E-state index is 13.3. The molecular formula is C23H28N4O5S. The lowest BCUT2D eigenvalue weighted by atomic mass is 10.1. The Morgan fingerprint density at radius 2 is 1.76 bits per heavy atom.